The Morgan fingerprint density at radius 3 is 2.28 bits per heavy atom. The molecule has 0 unspecified atom stereocenters. The van der Waals surface area contributed by atoms with Crippen LogP contribution < -0.4 is 14.2 Å². The fraction of sp³-hybridized carbons (Fsp3) is 0.611. The van der Waals surface area contributed by atoms with Crippen LogP contribution in [0.4, 0.5) is 0 Å². The van der Waals surface area contributed by atoms with E-state index >= 15 is 0 Å². The van der Waals surface area contributed by atoms with Gasteiger partial charge < -0.3 is 28.6 Å². The molecule has 1 aliphatic heterocycles. The van der Waals surface area contributed by atoms with Gasteiger partial charge in [0.05, 0.1) is 41.2 Å². The molecule has 0 bridgehead atoms. The molecule has 2 rings (SSSR count). The molecule has 1 atom stereocenters. The van der Waals surface area contributed by atoms with Crippen molar-refractivity contribution in [3.63, 3.8) is 0 Å². The SMILES string of the molecule is COc1cc(OC)c(OC)cc1CN(C(=O)[C@@H]1COCCO1)C(C)C. The van der Waals surface area contributed by atoms with Gasteiger partial charge in [-0.2, -0.15) is 0 Å². The van der Waals surface area contributed by atoms with Gasteiger partial charge in [-0.25, -0.2) is 0 Å². The summed E-state index contributed by atoms with van der Waals surface area (Å²) in [7, 11) is 4.73. The summed E-state index contributed by atoms with van der Waals surface area (Å²) in [5.41, 5.74) is 0.832. The highest BCUT2D eigenvalue weighted by Crippen LogP contribution is 2.35. The molecule has 0 radical (unpaired) electrons. The minimum absolute atomic E-state index is 0.00386. The molecular weight excluding hydrogens is 326 g/mol. The van der Waals surface area contributed by atoms with Crippen molar-refractivity contribution in [3.05, 3.63) is 17.7 Å². The smallest absolute Gasteiger partial charge is 0.254 e. The minimum atomic E-state index is -0.567. The van der Waals surface area contributed by atoms with Crippen molar-refractivity contribution in [1.82, 2.24) is 4.90 Å². The van der Waals surface area contributed by atoms with Crippen molar-refractivity contribution in [2.75, 3.05) is 41.2 Å². The summed E-state index contributed by atoms with van der Waals surface area (Å²) in [5, 5.41) is 0. The molecule has 0 N–H and O–H groups in total. The topological polar surface area (TPSA) is 66.5 Å². The second-order valence-electron chi connectivity index (χ2n) is 6.01. The summed E-state index contributed by atoms with van der Waals surface area (Å²) in [5.74, 6) is 1.71. The van der Waals surface area contributed by atoms with E-state index < -0.39 is 6.10 Å². The molecule has 1 amide bonds. The number of methoxy groups -OCH3 is 3. The first-order valence-corrected chi connectivity index (χ1v) is 8.30. The molecule has 140 valence electrons. The lowest BCUT2D eigenvalue weighted by atomic mass is 10.1. The van der Waals surface area contributed by atoms with Gasteiger partial charge >= 0.3 is 0 Å². The Bertz CT molecular complexity index is 583. The van der Waals surface area contributed by atoms with E-state index in [0.29, 0.717) is 37.0 Å². The van der Waals surface area contributed by atoms with Crippen LogP contribution in [0.3, 0.4) is 0 Å². The first-order valence-electron chi connectivity index (χ1n) is 8.30. The maximum absolute atomic E-state index is 12.8. The maximum Gasteiger partial charge on any atom is 0.254 e. The lowest BCUT2D eigenvalue weighted by molar-refractivity contribution is -0.160. The van der Waals surface area contributed by atoms with E-state index in [2.05, 4.69) is 0 Å². The second kappa shape index (κ2) is 8.92. The molecule has 7 heteroatoms. The van der Waals surface area contributed by atoms with Crippen molar-refractivity contribution >= 4 is 5.91 Å². The van der Waals surface area contributed by atoms with E-state index in [4.69, 9.17) is 23.7 Å². The van der Waals surface area contributed by atoms with Crippen LogP contribution >= 0.6 is 0 Å². The van der Waals surface area contributed by atoms with Gasteiger partial charge in [-0.05, 0) is 19.9 Å². The van der Waals surface area contributed by atoms with E-state index in [9.17, 15) is 4.79 Å². The molecule has 1 aliphatic rings. The minimum Gasteiger partial charge on any atom is -0.496 e. The number of hydrogen-bond donors (Lipinski definition) is 0. The number of carbonyl (C=O) groups is 1. The van der Waals surface area contributed by atoms with Crippen LogP contribution in [0.2, 0.25) is 0 Å². The molecule has 1 heterocycles. The number of carbonyl (C=O) groups excluding carboxylic acids is 1. The Morgan fingerprint density at radius 2 is 1.76 bits per heavy atom. The van der Waals surface area contributed by atoms with Gasteiger partial charge in [0.2, 0.25) is 0 Å². The Labute approximate surface area is 148 Å². The van der Waals surface area contributed by atoms with E-state index in [-0.39, 0.29) is 18.6 Å². The zero-order valence-electron chi connectivity index (χ0n) is 15.5. The second-order valence-corrected chi connectivity index (χ2v) is 6.01. The molecule has 1 fully saturated rings. The fourth-order valence-electron chi connectivity index (χ4n) is 2.73. The van der Waals surface area contributed by atoms with Crippen LogP contribution in [0.15, 0.2) is 12.1 Å². The average Bonchev–Trinajstić information content (AvgIpc) is 2.65. The Kier molecular flexibility index (Phi) is 6.90. The van der Waals surface area contributed by atoms with Crippen LogP contribution in [-0.4, -0.2) is 64.1 Å². The largest absolute Gasteiger partial charge is 0.496 e. The van der Waals surface area contributed by atoms with E-state index in [1.54, 1.807) is 32.3 Å². The van der Waals surface area contributed by atoms with Crippen LogP contribution in [0.25, 0.3) is 0 Å². The Balaban J connectivity index is 2.27. The van der Waals surface area contributed by atoms with Gasteiger partial charge in [-0.15, -0.1) is 0 Å². The lowest BCUT2D eigenvalue weighted by Gasteiger charge is -2.32. The Hall–Kier alpha value is -1.99. The maximum atomic E-state index is 12.8. The number of benzene rings is 1. The molecule has 0 aromatic heterocycles. The van der Waals surface area contributed by atoms with Gasteiger partial charge in [0.25, 0.3) is 5.91 Å². The zero-order valence-corrected chi connectivity index (χ0v) is 15.5. The van der Waals surface area contributed by atoms with E-state index in [1.165, 1.54) is 0 Å². The van der Waals surface area contributed by atoms with Crippen molar-refractivity contribution in [2.24, 2.45) is 0 Å². The van der Waals surface area contributed by atoms with Gasteiger partial charge in [-0.1, -0.05) is 0 Å². The van der Waals surface area contributed by atoms with Crippen molar-refractivity contribution in [3.8, 4) is 17.2 Å². The molecule has 25 heavy (non-hydrogen) atoms. The molecular formula is C18H27NO6. The standard InChI is InChI=1S/C18H27NO6/c1-12(2)19(18(20)17-11-24-6-7-25-17)10-13-8-15(22-4)16(23-5)9-14(13)21-3/h8-9,12,17H,6-7,10-11H2,1-5H3/t17-/m0/s1. The highest BCUT2D eigenvalue weighted by molar-refractivity contribution is 5.81. The summed E-state index contributed by atoms with van der Waals surface area (Å²) in [4.78, 5) is 14.6. The van der Waals surface area contributed by atoms with Gasteiger partial charge in [0.15, 0.2) is 17.6 Å². The highest BCUT2D eigenvalue weighted by atomic mass is 16.6. The van der Waals surface area contributed by atoms with Crippen molar-refractivity contribution in [2.45, 2.75) is 32.5 Å². The quantitative estimate of drug-likeness (QED) is 0.745. The summed E-state index contributed by atoms with van der Waals surface area (Å²) in [6, 6.07) is 3.59. The molecule has 7 nitrogen and oxygen atoms in total. The van der Waals surface area contributed by atoms with E-state index in [1.807, 2.05) is 19.9 Å². The number of nitrogens with zero attached hydrogens (tertiary/aromatic N) is 1. The number of ether oxygens (including phenoxy) is 5. The summed E-state index contributed by atoms with van der Waals surface area (Å²) >= 11 is 0. The summed E-state index contributed by atoms with van der Waals surface area (Å²) in [6.07, 6.45) is -0.567. The van der Waals surface area contributed by atoms with Crippen LogP contribution in [0.1, 0.15) is 19.4 Å². The zero-order chi connectivity index (χ0) is 18.4. The van der Waals surface area contributed by atoms with Gasteiger partial charge in [0.1, 0.15) is 5.75 Å². The monoisotopic (exact) mass is 353 g/mol. The summed E-state index contributed by atoms with van der Waals surface area (Å²) in [6.45, 7) is 5.55. The fourth-order valence-corrected chi connectivity index (χ4v) is 2.73. The van der Waals surface area contributed by atoms with Crippen LogP contribution in [-0.2, 0) is 20.8 Å². The highest BCUT2D eigenvalue weighted by Gasteiger charge is 2.30. The molecule has 1 aromatic rings. The van der Waals surface area contributed by atoms with Gasteiger partial charge in [-0.3, -0.25) is 4.79 Å². The third kappa shape index (κ3) is 4.55. The first kappa shape index (κ1) is 19.3. The molecule has 1 aromatic carbocycles. The van der Waals surface area contributed by atoms with Crippen LogP contribution in [0.5, 0.6) is 17.2 Å². The molecule has 0 saturated carbocycles. The molecule has 1 saturated heterocycles. The third-order valence-electron chi connectivity index (χ3n) is 4.13. The third-order valence-corrected chi connectivity index (χ3v) is 4.13. The lowest BCUT2D eigenvalue weighted by Crippen LogP contribution is -2.47. The predicted molar refractivity (Wildman–Crippen MR) is 92.3 cm³/mol. The first-order chi connectivity index (χ1) is 12.0. The molecule has 0 spiro atoms. The van der Waals surface area contributed by atoms with E-state index in [0.717, 1.165) is 5.56 Å². The normalized spacial score (nSPS) is 17.3. The molecule has 0 aliphatic carbocycles. The summed E-state index contributed by atoms with van der Waals surface area (Å²) < 4.78 is 27.1. The van der Waals surface area contributed by atoms with Crippen molar-refractivity contribution in [1.29, 1.82) is 0 Å². The predicted octanol–water partition coefficient (Wildman–Crippen LogP) is 1.86. The van der Waals surface area contributed by atoms with Crippen LogP contribution in [0, 0.1) is 0 Å². The van der Waals surface area contributed by atoms with Gasteiger partial charge in [0, 0.05) is 24.2 Å². The van der Waals surface area contributed by atoms with Crippen molar-refractivity contribution < 1.29 is 28.5 Å². The Morgan fingerprint density at radius 1 is 1.12 bits per heavy atom. The number of hydrogen-bond acceptors (Lipinski definition) is 6. The number of amides is 1. The number of rotatable bonds is 7. The average molecular weight is 353 g/mol.